The number of quaternary nitrogens is 1. The quantitative estimate of drug-likeness (QED) is 0.871. The second-order valence-corrected chi connectivity index (χ2v) is 6.90. The molecule has 0 atom stereocenters. The number of hydrogen-bond donors (Lipinski definition) is 2. The number of aryl methyl sites for hydroxylation is 1. The van der Waals surface area contributed by atoms with E-state index in [1.165, 1.54) is 43.5 Å². The van der Waals surface area contributed by atoms with E-state index >= 15 is 0 Å². The van der Waals surface area contributed by atoms with Crippen LogP contribution in [0.3, 0.4) is 0 Å². The van der Waals surface area contributed by atoms with Gasteiger partial charge >= 0.3 is 0 Å². The zero-order chi connectivity index (χ0) is 16.8. The van der Waals surface area contributed by atoms with E-state index in [9.17, 15) is 4.79 Å². The van der Waals surface area contributed by atoms with Gasteiger partial charge in [0.2, 0.25) is 5.91 Å². The largest absolute Gasteiger partial charge is 0.331 e. The lowest BCUT2D eigenvalue weighted by molar-refractivity contribution is -0.918. The molecule has 2 N–H and O–H groups in total. The third-order valence-corrected chi connectivity index (χ3v) is 4.70. The number of carbonyl (C=O) groups excluding carboxylic acids is 1. The van der Waals surface area contributed by atoms with Crippen molar-refractivity contribution in [1.29, 1.82) is 0 Å². The molecule has 2 aromatic rings. The van der Waals surface area contributed by atoms with Crippen LogP contribution in [0.25, 0.3) is 0 Å². The van der Waals surface area contributed by atoms with Gasteiger partial charge in [-0.1, -0.05) is 42.0 Å². The molecule has 0 aromatic heterocycles. The van der Waals surface area contributed by atoms with Crippen molar-refractivity contribution in [3.8, 4) is 0 Å². The maximum absolute atomic E-state index is 12.2. The molecule has 24 heavy (non-hydrogen) atoms. The highest BCUT2D eigenvalue weighted by Gasteiger charge is 2.13. The van der Waals surface area contributed by atoms with E-state index < -0.39 is 0 Å². The summed E-state index contributed by atoms with van der Waals surface area (Å²) in [7, 11) is 0. The predicted octanol–water partition coefficient (Wildman–Crippen LogP) is 2.75. The Balaban J connectivity index is 1.52. The molecule has 0 unspecified atom stereocenters. The van der Waals surface area contributed by atoms with Gasteiger partial charge in [-0.05, 0) is 43.9 Å². The fourth-order valence-corrected chi connectivity index (χ4v) is 3.44. The maximum Gasteiger partial charge on any atom is 0.228 e. The maximum atomic E-state index is 12.2. The zero-order valence-electron chi connectivity index (χ0n) is 14.5. The molecule has 1 aliphatic heterocycles. The van der Waals surface area contributed by atoms with Gasteiger partial charge in [-0.3, -0.25) is 4.79 Å². The van der Waals surface area contributed by atoms with Gasteiger partial charge in [-0.25, -0.2) is 0 Å². The predicted molar refractivity (Wildman–Crippen MR) is 98.2 cm³/mol. The summed E-state index contributed by atoms with van der Waals surface area (Å²) in [4.78, 5) is 13.9. The average Bonchev–Trinajstić information content (AvgIpc) is 2.57. The molecular weight excluding hydrogens is 296 g/mol. The van der Waals surface area contributed by atoms with Crippen molar-refractivity contribution in [1.82, 2.24) is 0 Å². The molecule has 3 heteroatoms. The molecule has 1 fully saturated rings. The second kappa shape index (κ2) is 8.11. The Morgan fingerprint density at radius 2 is 1.75 bits per heavy atom. The molecule has 1 saturated heterocycles. The van der Waals surface area contributed by atoms with Gasteiger partial charge in [0, 0.05) is 11.3 Å². The Hall–Kier alpha value is -2.13. The lowest BCUT2D eigenvalue weighted by atomic mass is 10.1. The molecule has 1 aliphatic rings. The summed E-state index contributed by atoms with van der Waals surface area (Å²) >= 11 is 0. The minimum absolute atomic E-state index is 0.0370. The van der Waals surface area contributed by atoms with E-state index in [0.29, 0.717) is 6.42 Å². The first-order valence-electron chi connectivity index (χ1n) is 8.97. The van der Waals surface area contributed by atoms with Crippen molar-refractivity contribution in [2.24, 2.45) is 0 Å². The zero-order valence-corrected chi connectivity index (χ0v) is 14.5. The van der Waals surface area contributed by atoms with Crippen LogP contribution in [0.5, 0.6) is 0 Å². The minimum Gasteiger partial charge on any atom is -0.331 e. The number of likely N-dealkylation sites (tertiary alicyclic amines) is 1. The highest BCUT2D eigenvalue weighted by Crippen LogP contribution is 2.11. The van der Waals surface area contributed by atoms with Crippen LogP contribution in [0.4, 0.5) is 5.69 Å². The van der Waals surface area contributed by atoms with Crippen LogP contribution in [0.1, 0.15) is 36.0 Å². The third-order valence-electron chi connectivity index (χ3n) is 4.70. The summed E-state index contributed by atoms with van der Waals surface area (Å²) in [6, 6.07) is 16.4. The van der Waals surface area contributed by atoms with Crippen molar-refractivity contribution in [3.63, 3.8) is 0 Å². The van der Waals surface area contributed by atoms with E-state index in [1.807, 2.05) is 37.3 Å². The highest BCUT2D eigenvalue weighted by atomic mass is 16.1. The van der Waals surface area contributed by atoms with Crippen molar-refractivity contribution in [2.45, 2.75) is 39.2 Å². The van der Waals surface area contributed by atoms with E-state index in [0.717, 1.165) is 17.8 Å². The van der Waals surface area contributed by atoms with Crippen LogP contribution < -0.4 is 10.2 Å². The Labute approximate surface area is 144 Å². The van der Waals surface area contributed by atoms with Crippen LogP contribution >= 0.6 is 0 Å². The highest BCUT2D eigenvalue weighted by molar-refractivity contribution is 5.92. The molecule has 126 valence electrons. The van der Waals surface area contributed by atoms with Crippen LogP contribution in [0.15, 0.2) is 48.5 Å². The number of piperidine rings is 1. The summed E-state index contributed by atoms with van der Waals surface area (Å²) in [5.41, 5.74) is 4.47. The number of carbonyl (C=O) groups is 1. The molecule has 1 amide bonds. The van der Waals surface area contributed by atoms with Gasteiger partial charge in [-0.15, -0.1) is 0 Å². The van der Waals surface area contributed by atoms with E-state index in [-0.39, 0.29) is 5.91 Å². The van der Waals surface area contributed by atoms with Gasteiger partial charge in [0.15, 0.2) is 0 Å². The van der Waals surface area contributed by atoms with Crippen LogP contribution in [0.2, 0.25) is 0 Å². The molecule has 1 heterocycles. The first-order chi connectivity index (χ1) is 11.7. The monoisotopic (exact) mass is 323 g/mol. The number of anilines is 1. The summed E-state index contributed by atoms with van der Waals surface area (Å²) in [6.07, 6.45) is 4.50. The summed E-state index contributed by atoms with van der Waals surface area (Å²) in [5.74, 6) is 0.0370. The Morgan fingerprint density at radius 3 is 2.46 bits per heavy atom. The van der Waals surface area contributed by atoms with Crippen LogP contribution in [-0.4, -0.2) is 19.0 Å². The number of nitrogens with one attached hydrogen (secondary N) is 2. The normalized spacial score (nSPS) is 15.2. The summed E-state index contributed by atoms with van der Waals surface area (Å²) in [6.45, 7) is 5.71. The molecule has 0 radical (unpaired) electrons. The lowest BCUT2D eigenvalue weighted by Crippen LogP contribution is -3.11. The van der Waals surface area contributed by atoms with E-state index in [2.05, 4.69) is 23.5 Å². The molecular formula is C21H27N2O+. The van der Waals surface area contributed by atoms with Gasteiger partial charge in [-0.2, -0.15) is 0 Å². The summed E-state index contributed by atoms with van der Waals surface area (Å²) in [5, 5.41) is 2.99. The molecule has 0 aliphatic carbocycles. The number of benzene rings is 2. The van der Waals surface area contributed by atoms with Crippen LogP contribution in [0, 0.1) is 6.92 Å². The third kappa shape index (κ3) is 4.93. The Bertz CT molecular complexity index is 672. The first kappa shape index (κ1) is 16.7. The Kier molecular flexibility index (Phi) is 5.65. The molecule has 3 nitrogen and oxygen atoms in total. The van der Waals surface area contributed by atoms with Gasteiger partial charge in [0.25, 0.3) is 0 Å². The first-order valence-corrected chi connectivity index (χ1v) is 8.97. The van der Waals surface area contributed by atoms with Crippen molar-refractivity contribution >= 4 is 11.6 Å². The second-order valence-electron chi connectivity index (χ2n) is 6.90. The average molecular weight is 323 g/mol. The number of amides is 1. The summed E-state index contributed by atoms with van der Waals surface area (Å²) < 4.78 is 0. The standard InChI is InChI=1S/C21H26N2O/c1-17-6-5-7-19(14-17)15-21(24)22-20-10-8-18(9-11-20)16-23-12-3-2-4-13-23/h5-11,14H,2-4,12-13,15-16H2,1H3,(H,22,24)/p+1. The minimum atomic E-state index is 0.0370. The van der Waals surface area contributed by atoms with Crippen molar-refractivity contribution < 1.29 is 9.69 Å². The van der Waals surface area contributed by atoms with Crippen molar-refractivity contribution in [2.75, 3.05) is 18.4 Å². The molecule has 3 rings (SSSR count). The SMILES string of the molecule is Cc1cccc(CC(=O)Nc2ccc(C[NH+]3CCCCC3)cc2)c1. The van der Waals surface area contributed by atoms with E-state index in [4.69, 9.17) is 0 Å². The molecule has 0 bridgehead atoms. The van der Waals surface area contributed by atoms with Crippen molar-refractivity contribution in [3.05, 3.63) is 65.2 Å². The molecule has 2 aromatic carbocycles. The lowest BCUT2D eigenvalue weighted by Gasteiger charge is -2.23. The number of hydrogen-bond acceptors (Lipinski definition) is 1. The smallest absolute Gasteiger partial charge is 0.228 e. The number of rotatable bonds is 5. The van der Waals surface area contributed by atoms with Crippen LogP contribution in [-0.2, 0) is 17.8 Å². The topological polar surface area (TPSA) is 33.5 Å². The van der Waals surface area contributed by atoms with E-state index in [1.54, 1.807) is 4.90 Å². The Morgan fingerprint density at radius 1 is 1.00 bits per heavy atom. The fourth-order valence-electron chi connectivity index (χ4n) is 3.44. The van der Waals surface area contributed by atoms with Gasteiger partial charge < -0.3 is 10.2 Å². The fraction of sp³-hybridized carbons (Fsp3) is 0.381. The molecule has 0 spiro atoms. The van der Waals surface area contributed by atoms with Gasteiger partial charge in [0.05, 0.1) is 19.5 Å². The van der Waals surface area contributed by atoms with Gasteiger partial charge in [0.1, 0.15) is 6.54 Å². The molecule has 0 saturated carbocycles.